The van der Waals surface area contributed by atoms with Crippen LogP contribution in [0.4, 0.5) is 0 Å². The van der Waals surface area contributed by atoms with Gasteiger partial charge in [-0.05, 0) is 33.2 Å². The number of carbonyl (C=O) groups excluding carboxylic acids is 2. The molecular formula is C22H24N2O4. The van der Waals surface area contributed by atoms with Gasteiger partial charge in [-0.25, -0.2) is 0 Å². The number of benzene rings is 3. The van der Waals surface area contributed by atoms with Crippen LogP contribution >= 0.6 is 0 Å². The van der Waals surface area contributed by atoms with Crippen molar-refractivity contribution in [3.8, 4) is 0 Å². The topological polar surface area (TPSA) is 90.7 Å². The lowest BCUT2D eigenvalue weighted by molar-refractivity contribution is -0.130. The van der Waals surface area contributed by atoms with Gasteiger partial charge in [0.2, 0.25) is 11.8 Å². The average molecular weight is 380 g/mol. The molecule has 0 spiro atoms. The molecule has 0 heterocycles. The number of fused-ring (bicyclic) bond motifs is 2. The van der Waals surface area contributed by atoms with E-state index in [4.69, 9.17) is 15.2 Å². The number of amides is 2. The average Bonchev–Trinajstić information content (AvgIpc) is 2.70. The molecule has 1 atom stereocenters. The summed E-state index contributed by atoms with van der Waals surface area (Å²) < 4.78 is 10.1. The molecule has 0 radical (unpaired) electrons. The maximum absolute atomic E-state index is 12.2. The van der Waals surface area contributed by atoms with Crippen LogP contribution in [0.1, 0.15) is 5.56 Å². The van der Waals surface area contributed by atoms with Gasteiger partial charge in [-0.1, -0.05) is 48.5 Å². The van der Waals surface area contributed by atoms with E-state index in [1.807, 2.05) is 48.5 Å². The van der Waals surface area contributed by atoms with Crippen molar-refractivity contribution in [1.29, 1.82) is 0 Å². The zero-order valence-corrected chi connectivity index (χ0v) is 15.8. The van der Waals surface area contributed by atoms with Crippen molar-refractivity contribution in [2.24, 2.45) is 5.73 Å². The van der Waals surface area contributed by atoms with Gasteiger partial charge in [0.15, 0.2) is 0 Å². The van der Waals surface area contributed by atoms with E-state index in [9.17, 15) is 9.59 Å². The molecule has 0 saturated carbocycles. The minimum atomic E-state index is -0.826. The van der Waals surface area contributed by atoms with Gasteiger partial charge in [-0.15, -0.1) is 0 Å². The van der Waals surface area contributed by atoms with Gasteiger partial charge in [-0.3, -0.25) is 9.59 Å². The number of carbonyl (C=O) groups is 2. The van der Waals surface area contributed by atoms with Crippen LogP contribution in [0.5, 0.6) is 0 Å². The molecule has 28 heavy (non-hydrogen) atoms. The molecule has 0 fully saturated rings. The van der Waals surface area contributed by atoms with E-state index in [1.165, 1.54) is 0 Å². The summed E-state index contributed by atoms with van der Waals surface area (Å²) >= 11 is 0. The van der Waals surface area contributed by atoms with Crippen molar-refractivity contribution >= 4 is 33.4 Å². The van der Waals surface area contributed by atoms with Crippen LogP contribution in [0, 0.1) is 0 Å². The Labute approximate surface area is 163 Å². The number of nitrogens with two attached hydrogens (primary N) is 1. The van der Waals surface area contributed by atoms with Crippen LogP contribution in [0.2, 0.25) is 0 Å². The van der Waals surface area contributed by atoms with Crippen molar-refractivity contribution in [3.63, 3.8) is 0 Å². The van der Waals surface area contributed by atoms with E-state index in [0.717, 1.165) is 27.1 Å². The molecule has 3 rings (SSSR count). The molecule has 146 valence electrons. The first-order valence-electron chi connectivity index (χ1n) is 9.15. The fraction of sp³-hybridized carbons (Fsp3) is 0.273. The summed E-state index contributed by atoms with van der Waals surface area (Å²) in [5.74, 6) is -0.966. The molecule has 6 nitrogen and oxygen atoms in total. The van der Waals surface area contributed by atoms with Crippen molar-refractivity contribution in [3.05, 3.63) is 60.2 Å². The second-order valence-corrected chi connectivity index (χ2v) is 6.57. The highest BCUT2D eigenvalue weighted by Crippen LogP contribution is 2.29. The first kappa shape index (κ1) is 19.8. The van der Waals surface area contributed by atoms with Crippen LogP contribution in [0.3, 0.4) is 0 Å². The summed E-state index contributed by atoms with van der Waals surface area (Å²) in [6, 6.07) is 17.3. The van der Waals surface area contributed by atoms with Crippen LogP contribution in [0.25, 0.3) is 21.5 Å². The van der Waals surface area contributed by atoms with Crippen LogP contribution in [0.15, 0.2) is 54.6 Å². The van der Waals surface area contributed by atoms with E-state index in [1.54, 1.807) is 7.11 Å². The number of hydrogen-bond donors (Lipinski definition) is 2. The molecule has 0 aromatic heterocycles. The first-order chi connectivity index (χ1) is 13.6. The first-order valence-corrected chi connectivity index (χ1v) is 9.15. The van der Waals surface area contributed by atoms with E-state index in [2.05, 4.69) is 11.4 Å². The Morgan fingerprint density at radius 3 is 2.18 bits per heavy atom. The number of rotatable bonds is 9. The van der Waals surface area contributed by atoms with Crippen molar-refractivity contribution < 1.29 is 19.1 Å². The molecule has 6 heteroatoms. The van der Waals surface area contributed by atoms with Gasteiger partial charge in [-0.2, -0.15) is 0 Å². The maximum atomic E-state index is 12.2. The number of nitrogens with one attached hydrogen (secondary N) is 1. The molecule has 0 aliphatic heterocycles. The Balaban J connectivity index is 1.87. The van der Waals surface area contributed by atoms with E-state index >= 15 is 0 Å². The van der Waals surface area contributed by atoms with Gasteiger partial charge in [0.1, 0.15) is 12.6 Å². The van der Waals surface area contributed by atoms with E-state index in [0.29, 0.717) is 19.6 Å². The van der Waals surface area contributed by atoms with Gasteiger partial charge < -0.3 is 20.5 Å². The fourth-order valence-electron chi connectivity index (χ4n) is 3.30. The minimum absolute atomic E-state index is 0.149. The Kier molecular flexibility index (Phi) is 6.57. The highest BCUT2D eigenvalue weighted by molar-refractivity contribution is 6.03. The number of ether oxygens (including phenoxy) is 2. The Bertz CT molecular complexity index is 933. The smallest absolute Gasteiger partial charge is 0.246 e. The Morgan fingerprint density at radius 1 is 1.00 bits per heavy atom. The van der Waals surface area contributed by atoms with Gasteiger partial charge in [0, 0.05) is 13.5 Å². The van der Waals surface area contributed by atoms with Crippen molar-refractivity contribution in [2.45, 2.75) is 12.5 Å². The molecule has 0 bridgehead atoms. The third-order valence-electron chi connectivity index (χ3n) is 4.63. The monoisotopic (exact) mass is 380 g/mol. The van der Waals surface area contributed by atoms with E-state index < -0.39 is 11.9 Å². The third kappa shape index (κ3) is 4.65. The zero-order valence-electron chi connectivity index (χ0n) is 15.8. The fourth-order valence-corrected chi connectivity index (χ4v) is 3.30. The molecule has 0 aliphatic rings. The summed E-state index contributed by atoms with van der Waals surface area (Å²) in [5, 5.41) is 6.93. The lowest BCUT2D eigenvalue weighted by Gasteiger charge is -2.18. The molecule has 0 aliphatic carbocycles. The zero-order chi connectivity index (χ0) is 19.9. The number of methoxy groups -OCH3 is 1. The summed E-state index contributed by atoms with van der Waals surface area (Å²) in [6.07, 6.45) is 0.307. The van der Waals surface area contributed by atoms with Crippen molar-refractivity contribution in [1.82, 2.24) is 5.32 Å². The predicted molar refractivity (Wildman–Crippen MR) is 109 cm³/mol. The molecule has 0 saturated heterocycles. The van der Waals surface area contributed by atoms with Crippen LogP contribution < -0.4 is 11.1 Å². The second-order valence-electron chi connectivity index (χ2n) is 6.57. The SMILES string of the molecule is COCCOCC(=O)N[C@H](Cc1c2ccccc2cc2ccccc12)C(N)=O. The molecule has 3 N–H and O–H groups in total. The largest absolute Gasteiger partial charge is 0.382 e. The highest BCUT2D eigenvalue weighted by Gasteiger charge is 2.21. The summed E-state index contributed by atoms with van der Waals surface area (Å²) in [5.41, 5.74) is 6.57. The second kappa shape index (κ2) is 9.30. The summed E-state index contributed by atoms with van der Waals surface area (Å²) in [4.78, 5) is 24.2. The molecule has 0 unspecified atom stereocenters. The minimum Gasteiger partial charge on any atom is -0.382 e. The normalized spacial score (nSPS) is 12.2. The van der Waals surface area contributed by atoms with Crippen LogP contribution in [-0.4, -0.2) is 44.8 Å². The van der Waals surface area contributed by atoms with Gasteiger partial charge in [0.25, 0.3) is 0 Å². The number of primary amides is 1. The highest BCUT2D eigenvalue weighted by atomic mass is 16.5. The summed E-state index contributed by atoms with van der Waals surface area (Å²) in [7, 11) is 1.56. The number of hydrogen-bond acceptors (Lipinski definition) is 4. The lowest BCUT2D eigenvalue weighted by Crippen LogP contribution is -2.47. The molecule has 2 amide bonds. The Hall–Kier alpha value is -2.96. The van der Waals surface area contributed by atoms with Crippen molar-refractivity contribution in [2.75, 3.05) is 26.9 Å². The molecular weight excluding hydrogens is 356 g/mol. The predicted octanol–water partition coefficient (Wildman–Crippen LogP) is 2.17. The third-order valence-corrected chi connectivity index (χ3v) is 4.63. The molecule has 3 aromatic carbocycles. The van der Waals surface area contributed by atoms with E-state index in [-0.39, 0.29) is 12.5 Å². The van der Waals surface area contributed by atoms with Crippen LogP contribution in [-0.2, 0) is 25.5 Å². The standard InChI is InChI=1S/C22H24N2O4/c1-27-10-11-28-14-21(25)24-20(22(23)26)13-19-17-8-4-2-6-15(17)12-16-7-3-5-9-18(16)19/h2-9,12,20H,10-11,13-14H2,1H3,(H2,23,26)(H,24,25)/t20-/m1/s1. The van der Waals surface area contributed by atoms with Gasteiger partial charge >= 0.3 is 0 Å². The lowest BCUT2D eigenvalue weighted by atomic mass is 9.92. The molecule has 3 aromatic rings. The summed E-state index contributed by atoms with van der Waals surface area (Å²) in [6.45, 7) is 0.553. The van der Waals surface area contributed by atoms with Gasteiger partial charge in [0.05, 0.1) is 13.2 Å². The quantitative estimate of drug-likeness (QED) is 0.440. The maximum Gasteiger partial charge on any atom is 0.246 e. The Morgan fingerprint density at radius 2 is 1.61 bits per heavy atom.